The summed E-state index contributed by atoms with van der Waals surface area (Å²) in [5.74, 6) is 1.61. The maximum absolute atomic E-state index is 4.79. The van der Waals surface area contributed by atoms with Crippen LogP contribution in [0.5, 0.6) is 0 Å². The monoisotopic (exact) mass is 473 g/mol. The molecule has 0 aliphatic heterocycles. The molecule has 3 nitrogen and oxygen atoms in total. The van der Waals surface area contributed by atoms with Crippen molar-refractivity contribution in [2.45, 2.75) is 6.54 Å². The molecular formula is C21H17ClIN3. The molecule has 0 aliphatic rings. The number of nitrogens with one attached hydrogen (secondary N) is 1. The van der Waals surface area contributed by atoms with Crippen molar-refractivity contribution in [2.75, 3.05) is 5.32 Å². The highest BCUT2D eigenvalue weighted by molar-refractivity contribution is 14.1. The van der Waals surface area contributed by atoms with E-state index in [1.165, 1.54) is 9.13 Å². The first-order chi connectivity index (χ1) is 12.3. The molecule has 4 rings (SSSR count). The van der Waals surface area contributed by atoms with E-state index >= 15 is 0 Å². The van der Waals surface area contributed by atoms with Gasteiger partial charge < -0.3 is 5.32 Å². The van der Waals surface area contributed by atoms with Crippen LogP contribution in [0, 0.1) is 3.57 Å². The van der Waals surface area contributed by atoms with Crippen molar-refractivity contribution in [1.29, 1.82) is 0 Å². The lowest BCUT2D eigenvalue weighted by atomic mass is 10.1. The molecule has 0 saturated carbocycles. The van der Waals surface area contributed by atoms with Crippen LogP contribution in [0.1, 0.15) is 5.56 Å². The maximum Gasteiger partial charge on any atom is 0.162 e. The van der Waals surface area contributed by atoms with Gasteiger partial charge in [0.25, 0.3) is 0 Å². The quantitative estimate of drug-likeness (QED) is 0.373. The average Bonchev–Trinajstić information content (AvgIpc) is 2.67. The molecule has 130 valence electrons. The molecular weight excluding hydrogens is 457 g/mol. The van der Waals surface area contributed by atoms with Gasteiger partial charge in [-0.2, -0.15) is 0 Å². The fourth-order valence-corrected chi connectivity index (χ4v) is 3.08. The van der Waals surface area contributed by atoms with Crippen LogP contribution in [-0.2, 0) is 6.54 Å². The van der Waals surface area contributed by atoms with Gasteiger partial charge in [0.15, 0.2) is 5.82 Å². The molecule has 1 N–H and O–H groups in total. The smallest absolute Gasteiger partial charge is 0.162 e. The van der Waals surface area contributed by atoms with Gasteiger partial charge in [-0.1, -0.05) is 54.6 Å². The summed E-state index contributed by atoms with van der Waals surface area (Å²) in [5.41, 5.74) is 3.19. The molecule has 0 unspecified atom stereocenters. The van der Waals surface area contributed by atoms with Crippen molar-refractivity contribution in [1.82, 2.24) is 9.97 Å². The van der Waals surface area contributed by atoms with E-state index in [-0.39, 0.29) is 12.4 Å². The first-order valence-corrected chi connectivity index (χ1v) is 9.18. The predicted octanol–water partition coefficient (Wildman–Crippen LogP) is 5.94. The number of nitrogens with zero attached hydrogens (tertiary/aromatic N) is 2. The zero-order valence-corrected chi connectivity index (χ0v) is 16.9. The van der Waals surface area contributed by atoms with Crippen molar-refractivity contribution in [3.63, 3.8) is 0 Å². The predicted molar refractivity (Wildman–Crippen MR) is 119 cm³/mol. The molecule has 0 amide bonds. The van der Waals surface area contributed by atoms with E-state index in [4.69, 9.17) is 9.97 Å². The third-order valence-electron chi connectivity index (χ3n) is 4.01. The van der Waals surface area contributed by atoms with E-state index in [0.717, 1.165) is 34.7 Å². The van der Waals surface area contributed by atoms with E-state index in [0.29, 0.717) is 0 Å². The summed E-state index contributed by atoms with van der Waals surface area (Å²) in [6, 6.07) is 26.7. The van der Waals surface area contributed by atoms with E-state index in [2.05, 4.69) is 70.4 Å². The van der Waals surface area contributed by atoms with Crippen LogP contribution in [0.15, 0.2) is 78.9 Å². The van der Waals surface area contributed by atoms with Crippen LogP contribution >= 0.6 is 35.0 Å². The zero-order valence-electron chi connectivity index (χ0n) is 13.9. The van der Waals surface area contributed by atoms with Crippen LogP contribution in [-0.4, -0.2) is 9.97 Å². The molecule has 1 heterocycles. The summed E-state index contributed by atoms with van der Waals surface area (Å²) in [6.07, 6.45) is 0. The lowest BCUT2D eigenvalue weighted by Crippen LogP contribution is -2.04. The van der Waals surface area contributed by atoms with Crippen molar-refractivity contribution in [2.24, 2.45) is 0 Å². The lowest BCUT2D eigenvalue weighted by molar-refractivity contribution is 1.11. The minimum atomic E-state index is 0. The molecule has 3 aromatic carbocycles. The number of rotatable bonds is 4. The largest absolute Gasteiger partial charge is 0.365 e. The number of fused-ring (bicyclic) bond motifs is 1. The van der Waals surface area contributed by atoms with Crippen LogP contribution in [0.2, 0.25) is 0 Å². The van der Waals surface area contributed by atoms with E-state index in [9.17, 15) is 0 Å². The molecule has 0 saturated heterocycles. The lowest BCUT2D eigenvalue weighted by Gasteiger charge is -2.11. The number of aromatic nitrogens is 2. The Morgan fingerprint density at radius 1 is 0.769 bits per heavy atom. The summed E-state index contributed by atoms with van der Waals surface area (Å²) in [7, 11) is 0. The summed E-state index contributed by atoms with van der Waals surface area (Å²) in [5, 5.41) is 4.51. The van der Waals surface area contributed by atoms with E-state index in [1.807, 2.05) is 36.4 Å². The van der Waals surface area contributed by atoms with Gasteiger partial charge in [0.1, 0.15) is 5.82 Å². The summed E-state index contributed by atoms with van der Waals surface area (Å²) < 4.78 is 1.20. The normalized spacial score (nSPS) is 10.3. The molecule has 0 aliphatic carbocycles. The molecule has 0 fully saturated rings. The Bertz CT molecular complexity index is 1000. The van der Waals surface area contributed by atoms with Gasteiger partial charge in [-0.05, 0) is 52.4 Å². The highest BCUT2D eigenvalue weighted by Crippen LogP contribution is 2.25. The first-order valence-electron chi connectivity index (χ1n) is 8.10. The van der Waals surface area contributed by atoms with Gasteiger partial charge in [0.2, 0.25) is 0 Å². The first kappa shape index (κ1) is 18.6. The molecule has 0 bridgehead atoms. The van der Waals surface area contributed by atoms with Gasteiger partial charge in [-0.15, -0.1) is 12.4 Å². The van der Waals surface area contributed by atoms with Gasteiger partial charge in [-0.3, -0.25) is 0 Å². The third-order valence-corrected chi connectivity index (χ3v) is 4.73. The Hall–Kier alpha value is -2.18. The maximum atomic E-state index is 4.79. The Morgan fingerprint density at radius 2 is 1.46 bits per heavy atom. The Balaban J connectivity index is 0.00000196. The SMILES string of the molecule is Cl.Ic1ccc(-c2nc(NCc3ccccc3)c3ccccc3n2)cc1. The van der Waals surface area contributed by atoms with E-state index < -0.39 is 0 Å². The second kappa shape index (κ2) is 8.47. The molecule has 5 heteroatoms. The van der Waals surface area contributed by atoms with Crippen molar-refractivity contribution in [3.8, 4) is 11.4 Å². The van der Waals surface area contributed by atoms with E-state index in [1.54, 1.807) is 0 Å². The summed E-state index contributed by atoms with van der Waals surface area (Å²) >= 11 is 2.30. The van der Waals surface area contributed by atoms with Gasteiger partial charge in [0.05, 0.1) is 5.52 Å². The van der Waals surface area contributed by atoms with Crippen LogP contribution in [0.3, 0.4) is 0 Å². The molecule has 0 atom stereocenters. The average molecular weight is 474 g/mol. The number of benzene rings is 3. The Morgan fingerprint density at radius 3 is 2.23 bits per heavy atom. The van der Waals surface area contributed by atoms with Gasteiger partial charge >= 0.3 is 0 Å². The molecule has 4 aromatic rings. The molecule has 0 radical (unpaired) electrons. The highest BCUT2D eigenvalue weighted by atomic mass is 127. The summed E-state index contributed by atoms with van der Waals surface area (Å²) in [6.45, 7) is 0.730. The number of anilines is 1. The van der Waals surface area contributed by atoms with Crippen molar-refractivity contribution < 1.29 is 0 Å². The zero-order chi connectivity index (χ0) is 17.1. The minimum Gasteiger partial charge on any atom is -0.365 e. The molecule has 1 aromatic heterocycles. The second-order valence-corrected chi connectivity index (χ2v) is 7.00. The number of halogens is 2. The number of hydrogen-bond donors (Lipinski definition) is 1. The standard InChI is InChI=1S/C21H16IN3.ClH/c22-17-12-10-16(11-13-17)20-24-19-9-5-4-8-18(19)21(25-20)23-14-15-6-2-1-3-7-15;/h1-13H,14H2,(H,23,24,25);1H. The fourth-order valence-electron chi connectivity index (χ4n) is 2.72. The number of hydrogen-bond acceptors (Lipinski definition) is 3. The highest BCUT2D eigenvalue weighted by Gasteiger charge is 2.09. The fraction of sp³-hybridized carbons (Fsp3) is 0.0476. The number of para-hydroxylation sites is 1. The van der Waals surface area contributed by atoms with Gasteiger partial charge in [0, 0.05) is 21.1 Å². The van der Waals surface area contributed by atoms with Crippen LogP contribution in [0.4, 0.5) is 5.82 Å². The second-order valence-electron chi connectivity index (χ2n) is 5.76. The van der Waals surface area contributed by atoms with Crippen molar-refractivity contribution in [3.05, 3.63) is 88.0 Å². The summed E-state index contributed by atoms with van der Waals surface area (Å²) in [4.78, 5) is 9.53. The minimum absolute atomic E-state index is 0. The van der Waals surface area contributed by atoms with Crippen LogP contribution < -0.4 is 5.32 Å². The molecule has 26 heavy (non-hydrogen) atoms. The van der Waals surface area contributed by atoms with Gasteiger partial charge in [-0.25, -0.2) is 9.97 Å². The van der Waals surface area contributed by atoms with Crippen LogP contribution in [0.25, 0.3) is 22.3 Å². The Kier molecular flexibility index (Phi) is 6.06. The molecule has 0 spiro atoms. The third kappa shape index (κ3) is 4.14. The topological polar surface area (TPSA) is 37.8 Å². The Labute approximate surface area is 172 Å². The van der Waals surface area contributed by atoms with Crippen molar-refractivity contribution >= 4 is 51.7 Å².